The van der Waals surface area contributed by atoms with Crippen LogP contribution in [-0.2, 0) is 0 Å². The summed E-state index contributed by atoms with van der Waals surface area (Å²) < 4.78 is 7.10. The summed E-state index contributed by atoms with van der Waals surface area (Å²) in [6.07, 6.45) is 5.33. The summed E-state index contributed by atoms with van der Waals surface area (Å²) in [7, 11) is 1.63. The second kappa shape index (κ2) is 3.49. The van der Waals surface area contributed by atoms with Crippen molar-refractivity contribution >= 4 is 0 Å². The van der Waals surface area contributed by atoms with Crippen molar-refractivity contribution in [2.24, 2.45) is 0 Å². The third-order valence-corrected chi connectivity index (χ3v) is 2.02. The molecule has 0 aliphatic carbocycles. The van der Waals surface area contributed by atoms with E-state index in [1.165, 1.54) is 0 Å². The summed E-state index contributed by atoms with van der Waals surface area (Å²) in [5, 5.41) is 0. The van der Waals surface area contributed by atoms with Gasteiger partial charge < -0.3 is 4.74 Å². The van der Waals surface area contributed by atoms with Gasteiger partial charge in [0.05, 0.1) is 7.11 Å². The molecule has 0 atom stereocenters. The van der Waals surface area contributed by atoms with Gasteiger partial charge in [0.1, 0.15) is 5.82 Å². The Bertz CT molecular complexity index is 436. The Hall–Kier alpha value is -1.84. The lowest BCUT2D eigenvalue weighted by Gasteiger charge is -2.08. The summed E-state index contributed by atoms with van der Waals surface area (Å²) in [5.41, 5.74) is 0. The van der Waals surface area contributed by atoms with Gasteiger partial charge in [-0.2, -0.15) is 0 Å². The van der Waals surface area contributed by atoms with Gasteiger partial charge in [0.25, 0.3) is 0 Å². The molecule has 0 amide bonds. The molecule has 0 saturated heterocycles. The van der Waals surface area contributed by atoms with E-state index < -0.39 is 0 Å². The van der Waals surface area contributed by atoms with E-state index in [1.54, 1.807) is 19.5 Å². The zero-order chi connectivity index (χ0) is 9.97. The van der Waals surface area contributed by atoms with Crippen LogP contribution in [0.25, 0.3) is 5.82 Å². The van der Waals surface area contributed by atoms with Gasteiger partial charge >= 0.3 is 0 Å². The highest BCUT2D eigenvalue weighted by Gasteiger charge is 2.07. The van der Waals surface area contributed by atoms with E-state index in [0.717, 1.165) is 17.4 Å². The lowest BCUT2D eigenvalue weighted by atomic mass is 10.4. The number of rotatable bonds is 2. The van der Waals surface area contributed by atoms with Gasteiger partial charge in [0.15, 0.2) is 11.6 Å². The fourth-order valence-corrected chi connectivity index (χ4v) is 1.32. The molecule has 2 aromatic heterocycles. The first-order valence-corrected chi connectivity index (χ1v) is 4.32. The molecule has 0 saturated carbocycles. The summed E-state index contributed by atoms with van der Waals surface area (Å²) in [6, 6.07) is 3.72. The fraction of sp³-hybridized carbons (Fsp3) is 0.200. The second-order valence-electron chi connectivity index (χ2n) is 2.87. The first-order chi connectivity index (χ1) is 6.83. The van der Waals surface area contributed by atoms with Crippen molar-refractivity contribution in [1.29, 1.82) is 0 Å². The quantitative estimate of drug-likeness (QED) is 0.720. The molecular formula is C10H11N3O. The number of aryl methyl sites for hydroxylation is 1. The average molecular weight is 189 g/mol. The summed E-state index contributed by atoms with van der Waals surface area (Å²) in [6.45, 7) is 1.92. The van der Waals surface area contributed by atoms with Crippen molar-refractivity contribution < 1.29 is 4.74 Å². The molecule has 2 aromatic rings. The van der Waals surface area contributed by atoms with E-state index in [2.05, 4.69) is 9.97 Å². The van der Waals surface area contributed by atoms with Gasteiger partial charge in [-0.1, -0.05) is 0 Å². The second-order valence-corrected chi connectivity index (χ2v) is 2.87. The van der Waals surface area contributed by atoms with Gasteiger partial charge in [-0.25, -0.2) is 9.97 Å². The molecule has 2 rings (SSSR count). The van der Waals surface area contributed by atoms with Crippen molar-refractivity contribution in [1.82, 2.24) is 14.5 Å². The number of hydrogen-bond acceptors (Lipinski definition) is 3. The Morgan fingerprint density at radius 1 is 1.29 bits per heavy atom. The van der Waals surface area contributed by atoms with Crippen LogP contribution in [0.2, 0.25) is 0 Å². The van der Waals surface area contributed by atoms with Crippen molar-refractivity contribution in [2.75, 3.05) is 7.11 Å². The highest BCUT2D eigenvalue weighted by Crippen LogP contribution is 2.19. The maximum Gasteiger partial charge on any atom is 0.180 e. The first-order valence-electron chi connectivity index (χ1n) is 4.32. The zero-order valence-electron chi connectivity index (χ0n) is 8.14. The number of aromatic nitrogens is 3. The number of ether oxygens (including phenoxy) is 1. The number of hydrogen-bond donors (Lipinski definition) is 0. The molecule has 0 bridgehead atoms. The molecular weight excluding hydrogens is 178 g/mol. The van der Waals surface area contributed by atoms with E-state index in [4.69, 9.17) is 4.74 Å². The Kier molecular flexibility index (Phi) is 2.18. The van der Waals surface area contributed by atoms with Gasteiger partial charge in [-0.15, -0.1) is 0 Å². The van der Waals surface area contributed by atoms with Crippen LogP contribution in [0.3, 0.4) is 0 Å². The maximum absolute atomic E-state index is 5.21. The predicted octanol–water partition coefficient (Wildman–Crippen LogP) is 1.58. The van der Waals surface area contributed by atoms with E-state index >= 15 is 0 Å². The molecule has 4 heteroatoms. The van der Waals surface area contributed by atoms with Gasteiger partial charge in [0, 0.05) is 18.6 Å². The van der Waals surface area contributed by atoms with E-state index in [1.807, 2.05) is 29.8 Å². The summed E-state index contributed by atoms with van der Waals surface area (Å²) in [4.78, 5) is 8.39. The van der Waals surface area contributed by atoms with Gasteiger partial charge in [-0.05, 0) is 19.1 Å². The zero-order valence-corrected chi connectivity index (χ0v) is 8.14. The van der Waals surface area contributed by atoms with Crippen molar-refractivity contribution in [3.8, 4) is 11.6 Å². The SMILES string of the molecule is COc1cccnc1-n1ccnc1C. The Morgan fingerprint density at radius 2 is 2.14 bits per heavy atom. The van der Waals surface area contributed by atoms with Crippen molar-refractivity contribution in [3.05, 3.63) is 36.5 Å². The Balaban J connectivity index is 2.56. The van der Waals surface area contributed by atoms with Gasteiger partial charge in [-0.3, -0.25) is 4.57 Å². The van der Waals surface area contributed by atoms with Gasteiger partial charge in [0.2, 0.25) is 0 Å². The molecule has 0 radical (unpaired) electrons. The standard InChI is InChI=1S/C10H11N3O/c1-8-11-6-7-13(8)10-9(14-2)4-3-5-12-10/h3-7H,1-2H3. The fourth-order valence-electron chi connectivity index (χ4n) is 1.32. The highest BCUT2D eigenvalue weighted by atomic mass is 16.5. The maximum atomic E-state index is 5.21. The predicted molar refractivity (Wildman–Crippen MR) is 52.6 cm³/mol. The lowest BCUT2D eigenvalue weighted by molar-refractivity contribution is 0.410. The van der Waals surface area contributed by atoms with Crippen molar-refractivity contribution in [2.45, 2.75) is 6.92 Å². The number of nitrogens with zero attached hydrogens (tertiary/aromatic N) is 3. The molecule has 0 aliphatic rings. The van der Waals surface area contributed by atoms with Crippen LogP contribution < -0.4 is 4.74 Å². The Labute approximate surface area is 82.2 Å². The van der Waals surface area contributed by atoms with E-state index in [-0.39, 0.29) is 0 Å². The van der Waals surface area contributed by atoms with E-state index in [0.29, 0.717) is 0 Å². The normalized spacial score (nSPS) is 10.1. The number of imidazole rings is 1. The Morgan fingerprint density at radius 3 is 2.79 bits per heavy atom. The van der Waals surface area contributed by atoms with Crippen LogP contribution in [-0.4, -0.2) is 21.6 Å². The molecule has 0 aromatic carbocycles. The lowest BCUT2D eigenvalue weighted by Crippen LogP contribution is -2.01. The smallest absolute Gasteiger partial charge is 0.180 e. The van der Waals surface area contributed by atoms with Crippen LogP contribution in [0.5, 0.6) is 5.75 Å². The number of methoxy groups -OCH3 is 1. The molecule has 0 fully saturated rings. The molecule has 0 N–H and O–H groups in total. The van der Waals surface area contributed by atoms with Crippen LogP contribution >= 0.6 is 0 Å². The molecule has 0 unspecified atom stereocenters. The van der Waals surface area contributed by atoms with Crippen molar-refractivity contribution in [3.63, 3.8) is 0 Å². The minimum Gasteiger partial charge on any atom is -0.493 e. The molecule has 0 spiro atoms. The van der Waals surface area contributed by atoms with E-state index in [9.17, 15) is 0 Å². The monoisotopic (exact) mass is 189 g/mol. The van der Waals surface area contributed by atoms with Crippen LogP contribution in [0.4, 0.5) is 0 Å². The third kappa shape index (κ3) is 1.35. The summed E-state index contributed by atoms with van der Waals surface area (Å²) >= 11 is 0. The summed E-state index contributed by atoms with van der Waals surface area (Å²) in [5.74, 6) is 2.40. The first kappa shape index (κ1) is 8.74. The topological polar surface area (TPSA) is 39.9 Å². The highest BCUT2D eigenvalue weighted by molar-refractivity contribution is 5.40. The molecule has 2 heterocycles. The third-order valence-electron chi connectivity index (χ3n) is 2.02. The van der Waals surface area contributed by atoms with Crippen LogP contribution in [0.1, 0.15) is 5.82 Å². The molecule has 14 heavy (non-hydrogen) atoms. The molecule has 4 nitrogen and oxygen atoms in total. The van der Waals surface area contributed by atoms with Crippen LogP contribution in [0, 0.1) is 6.92 Å². The average Bonchev–Trinajstić information content (AvgIpc) is 2.64. The number of pyridine rings is 1. The van der Waals surface area contributed by atoms with Crippen LogP contribution in [0.15, 0.2) is 30.7 Å². The molecule has 72 valence electrons. The minimum atomic E-state index is 0.744. The molecule has 0 aliphatic heterocycles. The minimum absolute atomic E-state index is 0.744. The largest absolute Gasteiger partial charge is 0.493 e.